The molecular weight excluding hydrogens is 454 g/mol. The second kappa shape index (κ2) is 19.9. The molecule has 0 aromatic heterocycles. The van der Waals surface area contributed by atoms with Crippen molar-refractivity contribution in [1.82, 2.24) is 15.5 Å². The van der Waals surface area contributed by atoms with Gasteiger partial charge in [-0.1, -0.05) is 51.9 Å². The van der Waals surface area contributed by atoms with Crippen molar-refractivity contribution in [1.29, 1.82) is 0 Å². The first kappa shape index (κ1) is 30.7. The quantitative estimate of drug-likeness (QED) is 0.220. The Balaban J connectivity index is 2.48. The minimum Gasteiger partial charge on any atom is -0.481 e. The van der Waals surface area contributed by atoms with Gasteiger partial charge >= 0.3 is 5.97 Å². The van der Waals surface area contributed by atoms with Crippen LogP contribution in [0.5, 0.6) is 0 Å². The van der Waals surface area contributed by atoms with Crippen LogP contribution in [0, 0.1) is 5.92 Å². The Labute approximate surface area is 210 Å². The monoisotopic (exact) mass is 501 g/mol. The van der Waals surface area contributed by atoms with Crippen molar-refractivity contribution in [3.05, 3.63) is 0 Å². The molecule has 2 amide bonds. The van der Waals surface area contributed by atoms with Crippen LogP contribution in [0.25, 0.3) is 0 Å². The number of carbonyl (C=O) groups excluding carboxylic acids is 2. The first-order chi connectivity index (χ1) is 16.5. The number of nitrogens with zero attached hydrogens (tertiary/aromatic N) is 1. The molecule has 0 aromatic carbocycles. The molecule has 0 unspecified atom stereocenters. The fourth-order valence-electron chi connectivity index (χ4n) is 4.14. The Kier molecular flexibility index (Phi) is 18.0. The number of rotatable bonds is 20. The standard InChI is InChI=1S/C25H47N3O5S/c1-3-4-5-6-7-8-9-11-21(20-23(29)30)24(31)27-22(12-19-34-2)25(32)26-13-10-14-28-15-17-33-18-16-28/h21-22H,3-20H2,1-2H3,(H,26,32)(H,27,31)(H,29,30)/t21-,22+/m0/s1. The Bertz CT molecular complexity index is 573. The van der Waals surface area contributed by atoms with Gasteiger partial charge in [0, 0.05) is 25.6 Å². The van der Waals surface area contributed by atoms with Gasteiger partial charge in [0.2, 0.25) is 11.8 Å². The van der Waals surface area contributed by atoms with Crippen molar-refractivity contribution in [3.63, 3.8) is 0 Å². The smallest absolute Gasteiger partial charge is 0.304 e. The van der Waals surface area contributed by atoms with Crippen molar-refractivity contribution >= 4 is 29.5 Å². The lowest BCUT2D eigenvalue weighted by molar-refractivity contribution is -0.141. The van der Waals surface area contributed by atoms with Crippen LogP contribution >= 0.6 is 11.8 Å². The lowest BCUT2D eigenvalue weighted by Crippen LogP contribution is -2.49. The van der Waals surface area contributed by atoms with Gasteiger partial charge in [-0.2, -0.15) is 11.8 Å². The zero-order chi connectivity index (χ0) is 25.0. The summed E-state index contributed by atoms with van der Waals surface area (Å²) in [4.78, 5) is 39.4. The van der Waals surface area contributed by atoms with E-state index in [2.05, 4.69) is 22.5 Å². The molecule has 0 spiro atoms. The average molecular weight is 502 g/mol. The zero-order valence-corrected chi connectivity index (χ0v) is 22.1. The summed E-state index contributed by atoms with van der Waals surface area (Å²) >= 11 is 1.62. The Morgan fingerprint density at radius 1 is 0.971 bits per heavy atom. The molecular formula is C25H47N3O5S. The number of morpholine rings is 1. The molecule has 34 heavy (non-hydrogen) atoms. The molecule has 2 atom stereocenters. The maximum absolute atomic E-state index is 12.9. The molecule has 1 rings (SSSR count). The van der Waals surface area contributed by atoms with E-state index in [1.165, 1.54) is 25.7 Å². The first-order valence-electron chi connectivity index (χ1n) is 13.1. The summed E-state index contributed by atoms with van der Waals surface area (Å²) in [5, 5.41) is 15.1. The van der Waals surface area contributed by atoms with E-state index in [0.29, 0.717) is 19.4 Å². The minimum atomic E-state index is -0.976. The fourth-order valence-corrected chi connectivity index (χ4v) is 4.61. The lowest BCUT2D eigenvalue weighted by Gasteiger charge is -2.26. The van der Waals surface area contributed by atoms with Crippen LogP contribution in [-0.4, -0.2) is 85.2 Å². The number of carboxylic acid groups (broad SMARTS) is 1. The topological polar surface area (TPSA) is 108 Å². The van der Waals surface area contributed by atoms with Crippen molar-refractivity contribution in [3.8, 4) is 0 Å². The van der Waals surface area contributed by atoms with E-state index in [-0.39, 0.29) is 18.2 Å². The second-order valence-corrected chi connectivity index (χ2v) is 10.1. The summed E-state index contributed by atoms with van der Waals surface area (Å²) in [6.45, 7) is 7.00. The molecule has 0 bridgehead atoms. The van der Waals surface area contributed by atoms with Gasteiger partial charge in [-0.3, -0.25) is 19.3 Å². The number of carboxylic acids is 1. The molecule has 0 radical (unpaired) electrons. The van der Waals surface area contributed by atoms with E-state index < -0.39 is 17.9 Å². The number of unbranched alkanes of at least 4 members (excludes halogenated alkanes) is 6. The van der Waals surface area contributed by atoms with E-state index in [0.717, 1.165) is 64.3 Å². The minimum absolute atomic E-state index is 0.186. The molecule has 0 aromatic rings. The molecule has 1 aliphatic heterocycles. The summed E-state index contributed by atoms with van der Waals surface area (Å²) in [5.74, 6) is -1.33. The Morgan fingerprint density at radius 3 is 2.29 bits per heavy atom. The predicted octanol–water partition coefficient (Wildman–Crippen LogP) is 3.29. The van der Waals surface area contributed by atoms with Gasteiger partial charge in [0.15, 0.2) is 0 Å². The third-order valence-corrected chi connectivity index (χ3v) is 6.89. The molecule has 0 saturated carbocycles. The summed E-state index contributed by atoms with van der Waals surface area (Å²) in [5.41, 5.74) is 0. The summed E-state index contributed by atoms with van der Waals surface area (Å²) in [6.07, 6.45) is 11.5. The van der Waals surface area contributed by atoms with Crippen LogP contribution in [0.4, 0.5) is 0 Å². The second-order valence-electron chi connectivity index (χ2n) is 9.15. The van der Waals surface area contributed by atoms with Gasteiger partial charge < -0.3 is 20.5 Å². The van der Waals surface area contributed by atoms with E-state index in [1.807, 2.05) is 6.26 Å². The van der Waals surface area contributed by atoms with E-state index in [9.17, 15) is 19.5 Å². The number of hydrogen-bond donors (Lipinski definition) is 3. The van der Waals surface area contributed by atoms with Gasteiger partial charge in [-0.25, -0.2) is 0 Å². The van der Waals surface area contributed by atoms with E-state index in [1.54, 1.807) is 11.8 Å². The number of nitrogens with one attached hydrogen (secondary N) is 2. The van der Waals surface area contributed by atoms with E-state index >= 15 is 0 Å². The van der Waals surface area contributed by atoms with Crippen molar-refractivity contribution in [2.75, 3.05) is 51.4 Å². The molecule has 1 aliphatic rings. The van der Waals surface area contributed by atoms with Crippen molar-refractivity contribution < 1.29 is 24.2 Å². The van der Waals surface area contributed by atoms with Crippen LogP contribution < -0.4 is 10.6 Å². The van der Waals surface area contributed by atoms with E-state index in [4.69, 9.17) is 4.74 Å². The number of amides is 2. The number of aliphatic carboxylic acids is 1. The molecule has 9 heteroatoms. The molecule has 0 aliphatic carbocycles. The van der Waals surface area contributed by atoms with Gasteiger partial charge in [-0.05, 0) is 37.8 Å². The van der Waals surface area contributed by atoms with Crippen LogP contribution in [0.3, 0.4) is 0 Å². The molecule has 3 N–H and O–H groups in total. The zero-order valence-electron chi connectivity index (χ0n) is 21.3. The summed E-state index contributed by atoms with van der Waals surface area (Å²) in [7, 11) is 0. The summed E-state index contributed by atoms with van der Waals surface area (Å²) < 4.78 is 5.35. The highest BCUT2D eigenvalue weighted by Crippen LogP contribution is 2.17. The Hall–Kier alpha value is -1.32. The first-order valence-corrected chi connectivity index (χ1v) is 14.5. The third-order valence-electron chi connectivity index (χ3n) is 6.25. The number of ether oxygens (including phenoxy) is 1. The van der Waals surface area contributed by atoms with Gasteiger partial charge in [0.05, 0.1) is 19.6 Å². The summed E-state index contributed by atoms with van der Waals surface area (Å²) in [6, 6.07) is -0.631. The normalized spacial score (nSPS) is 16.1. The SMILES string of the molecule is CCCCCCCCC[C@@H](CC(=O)O)C(=O)N[C@H](CCSC)C(=O)NCCCN1CCOCC1. The maximum atomic E-state index is 12.9. The molecule has 1 fully saturated rings. The number of carbonyl (C=O) groups is 3. The molecule has 198 valence electrons. The van der Waals surface area contributed by atoms with Crippen LogP contribution in [0.15, 0.2) is 0 Å². The molecule has 1 saturated heterocycles. The number of thioether (sulfide) groups is 1. The lowest BCUT2D eigenvalue weighted by atomic mass is 9.95. The van der Waals surface area contributed by atoms with Crippen molar-refractivity contribution in [2.24, 2.45) is 5.92 Å². The highest BCUT2D eigenvalue weighted by atomic mass is 32.2. The molecule has 1 heterocycles. The van der Waals surface area contributed by atoms with Gasteiger partial charge in [0.1, 0.15) is 6.04 Å². The highest BCUT2D eigenvalue weighted by Gasteiger charge is 2.26. The fraction of sp³-hybridized carbons (Fsp3) is 0.880. The predicted molar refractivity (Wildman–Crippen MR) is 138 cm³/mol. The average Bonchev–Trinajstić information content (AvgIpc) is 2.83. The number of hydrogen-bond acceptors (Lipinski definition) is 6. The van der Waals surface area contributed by atoms with Crippen LogP contribution in [0.1, 0.15) is 77.6 Å². The highest BCUT2D eigenvalue weighted by molar-refractivity contribution is 7.98. The Morgan fingerprint density at radius 2 is 1.65 bits per heavy atom. The molecule has 8 nitrogen and oxygen atoms in total. The largest absolute Gasteiger partial charge is 0.481 e. The van der Waals surface area contributed by atoms with Crippen LogP contribution in [0.2, 0.25) is 0 Å². The van der Waals surface area contributed by atoms with Crippen molar-refractivity contribution in [2.45, 2.75) is 83.6 Å². The maximum Gasteiger partial charge on any atom is 0.304 e. The van der Waals surface area contributed by atoms with Gasteiger partial charge in [-0.15, -0.1) is 0 Å². The third kappa shape index (κ3) is 14.8. The van der Waals surface area contributed by atoms with Gasteiger partial charge in [0.25, 0.3) is 0 Å². The van der Waals surface area contributed by atoms with Crippen LogP contribution in [-0.2, 0) is 19.1 Å².